The van der Waals surface area contributed by atoms with Crippen molar-refractivity contribution in [2.24, 2.45) is 5.92 Å². The number of ether oxygens (including phenoxy) is 2. The van der Waals surface area contributed by atoms with Crippen molar-refractivity contribution < 1.29 is 14.3 Å². The standard InChI is InChI=1S/C27H40N2O3/c1-4-6-7-8-9-10-11-12-13-18-31-25-20-28-27(29-21-25)23-14-16-24(17-15-23)32-26(30)19-22(3)5-2/h14-17,20-22H,4-13,18-19H2,1-3H3. The molecule has 32 heavy (non-hydrogen) atoms. The number of unbranched alkanes of at least 4 members (excludes halogenated alkanes) is 8. The van der Waals surface area contributed by atoms with E-state index in [-0.39, 0.29) is 5.97 Å². The van der Waals surface area contributed by atoms with Crippen LogP contribution >= 0.6 is 0 Å². The van der Waals surface area contributed by atoms with Gasteiger partial charge in [0, 0.05) is 12.0 Å². The van der Waals surface area contributed by atoms with Crippen molar-refractivity contribution in [2.75, 3.05) is 6.61 Å². The molecule has 0 aliphatic rings. The van der Waals surface area contributed by atoms with E-state index in [0.29, 0.717) is 36.3 Å². The van der Waals surface area contributed by atoms with Gasteiger partial charge in [0.05, 0.1) is 19.0 Å². The van der Waals surface area contributed by atoms with Crippen LogP contribution in [0.1, 0.15) is 91.4 Å². The number of carbonyl (C=O) groups is 1. The van der Waals surface area contributed by atoms with Gasteiger partial charge in [0.2, 0.25) is 0 Å². The van der Waals surface area contributed by atoms with Crippen molar-refractivity contribution in [3.8, 4) is 22.9 Å². The first kappa shape index (κ1) is 25.8. The monoisotopic (exact) mass is 440 g/mol. The van der Waals surface area contributed by atoms with Gasteiger partial charge in [-0.25, -0.2) is 9.97 Å². The largest absolute Gasteiger partial charge is 0.490 e. The quantitative estimate of drug-likeness (QED) is 0.155. The van der Waals surface area contributed by atoms with Crippen LogP contribution < -0.4 is 9.47 Å². The minimum absolute atomic E-state index is 0.197. The zero-order valence-corrected chi connectivity index (χ0v) is 20.1. The summed E-state index contributed by atoms with van der Waals surface area (Å²) in [4.78, 5) is 20.7. The molecule has 0 spiro atoms. The molecule has 0 saturated carbocycles. The Kier molecular flexibility index (Phi) is 12.4. The van der Waals surface area contributed by atoms with Gasteiger partial charge in [0.25, 0.3) is 0 Å². The Labute approximate surface area is 194 Å². The first-order valence-corrected chi connectivity index (χ1v) is 12.4. The number of benzene rings is 1. The lowest BCUT2D eigenvalue weighted by Gasteiger charge is -2.09. The van der Waals surface area contributed by atoms with Crippen molar-refractivity contribution in [3.05, 3.63) is 36.7 Å². The third kappa shape index (κ3) is 10.3. The Morgan fingerprint density at radius 1 is 0.844 bits per heavy atom. The summed E-state index contributed by atoms with van der Waals surface area (Å²) < 4.78 is 11.2. The van der Waals surface area contributed by atoms with Crippen LogP contribution in [-0.4, -0.2) is 22.5 Å². The minimum Gasteiger partial charge on any atom is -0.490 e. The molecule has 0 saturated heterocycles. The Balaban J connectivity index is 1.67. The topological polar surface area (TPSA) is 61.3 Å². The average Bonchev–Trinajstić information content (AvgIpc) is 2.81. The Morgan fingerprint density at radius 2 is 1.44 bits per heavy atom. The van der Waals surface area contributed by atoms with E-state index < -0.39 is 0 Å². The fourth-order valence-corrected chi connectivity index (χ4v) is 3.42. The summed E-state index contributed by atoms with van der Waals surface area (Å²) in [7, 11) is 0. The third-order valence-corrected chi connectivity index (χ3v) is 5.70. The van der Waals surface area contributed by atoms with Gasteiger partial charge >= 0.3 is 5.97 Å². The molecular weight excluding hydrogens is 400 g/mol. The van der Waals surface area contributed by atoms with Crippen molar-refractivity contribution in [3.63, 3.8) is 0 Å². The zero-order valence-electron chi connectivity index (χ0n) is 20.1. The number of carbonyl (C=O) groups excluding carboxylic acids is 1. The number of hydrogen-bond donors (Lipinski definition) is 0. The normalized spacial score (nSPS) is 11.8. The van der Waals surface area contributed by atoms with E-state index in [1.807, 2.05) is 19.1 Å². The number of rotatable bonds is 16. The second-order valence-corrected chi connectivity index (χ2v) is 8.64. The highest BCUT2D eigenvalue weighted by atomic mass is 16.5. The molecule has 0 radical (unpaired) electrons. The van der Waals surface area contributed by atoms with Gasteiger partial charge in [-0.05, 0) is 36.6 Å². The molecule has 1 atom stereocenters. The van der Waals surface area contributed by atoms with Crippen molar-refractivity contribution in [1.82, 2.24) is 9.97 Å². The van der Waals surface area contributed by atoms with Crippen LogP contribution in [0.5, 0.6) is 11.5 Å². The highest BCUT2D eigenvalue weighted by Crippen LogP contribution is 2.21. The van der Waals surface area contributed by atoms with E-state index in [1.165, 1.54) is 51.4 Å². The van der Waals surface area contributed by atoms with E-state index in [0.717, 1.165) is 18.4 Å². The summed E-state index contributed by atoms with van der Waals surface area (Å²) in [5.41, 5.74) is 0.872. The molecule has 1 aromatic carbocycles. The van der Waals surface area contributed by atoms with Crippen LogP contribution in [0, 0.1) is 5.92 Å². The molecule has 0 aliphatic heterocycles. The second-order valence-electron chi connectivity index (χ2n) is 8.64. The zero-order chi connectivity index (χ0) is 23.0. The van der Waals surface area contributed by atoms with Gasteiger partial charge in [0.15, 0.2) is 11.6 Å². The number of hydrogen-bond acceptors (Lipinski definition) is 5. The van der Waals surface area contributed by atoms with Gasteiger partial charge in [-0.1, -0.05) is 78.6 Å². The average molecular weight is 441 g/mol. The lowest BCUT2D eigenvalue weighted by Crippen LogP contribution is -2.11. The predicted octanol–water partition coefficient (Wildman–Crippen LogP) is 7.39. The molecule has 0 bridgehead atoms. The van der Waals surface area contributed by atoms with Gasteiger partial charge in [-0.2, -0.15) is 0 Å². The summed E-state index contributed by atoms with van der Waals surface area (Å²) in [6.45, 7) is 7.08. The molecule has 0 fully saturated rings. The van der Waals surface area contributed by atoms with Gasteiger partial charge in [0.1, 0.15) is 5.75 Å². The third-order valence-electron chi connectivity index (χ3n) is 5.70. The first-order valence-electron chi connectivity index (χ1n) is 12.4. The molecule has 1 aromatic heterocycles. The summed E-state index contributed by atoms with van der Waals surface area (Å²) in [5.74, 6) is 2.00. The molecule has 1 heterocycles. The summed E-state index contributed by atoms with van der Waals surface area (Å²) in [6.07, 6.45) is 16.5. The Hall–Kier alpha value is -2.43. The van der Waals surface area contributed by atoms with Gasteiger partial charge in [-0.3, -0.25) is 4.79 Å². The summed E-state index contributed by atoms with van der Waals surface area (Å²) in [5, 5.41) is 0. The van der Waals surface area contributed by atoms with Crippen molar-refractivity contribution >= 4 is 5.97 Å². The van der Waals surface area contributed by atoms with E-state index in [4.69, 9.17) is 9.47 Å². The van der Waals surface area contributed by atoms with E-state index in [9.17, 15) is 4.79 Å². The lowest BCUT2D eigenvalue weighted by atomic mass is 10.1. The fourth-order valence-electron chi connectivity index (χ4n) is 3.42. The number of nitrogens with zero attached hydrogens (tertiary/aromatic N) is 2. The molecule has 5 heteroatoms. The molecule has 2 rings (SSSR count). The molecule has 0 amide bonds. The van der Waals surface area contributed by atoms with Gasteiger partial charge in [-0.15, -0.1) is 0 Å². The van der Waals surface area contributed by atoms with Crippen molar-refractivity contribution in [2.45, 2.75) is 91.4 Å². The molecule has 1 unspecified atom stereocenters. The molecule has 176 valence electrons. The van der Waals surface area contributed by atoms with Crippen LogP contribution in [-0.2, 0) is 4.79 Å². The second kappa shape index (κ2) is 15.4. The first-order chi connectivity index (χ1) is 15.6. The van der Waals surface area contributed by atoms with Crippen LogP contribution in [0.15, 0.2) is 36.7 Å². The van der Waals surface area contributed by atoms with Gasteiger partial charge < -0.3 is 9.47 Å². The van der Waals surface area contributed by atoms with Crippen molar-refractivity contribution in [1.29, 1.82) is 0 Å². The summed E-state index contributed by atoms with van der Waals surface area (Å²) in [6, 6.07) is 7.29. The number of aromatic nitrogens is 2. The summed E-state index contributed by atoms with van der Waals surface area (Å²) >= 11 is 0. The maximum atomic E-state index is 11.9. The molecule has 5 nitrogen and oxygen atoms in total. The lowest BCUT2D eigenvalue weighted by molar-refractivity contribution is -0.135. The maximum Gasteiger partial charge on any atom is 0.311 e. The van der Waals surface area contributed by atoms with E-state index in [1.54, 1.807) is 24.5 Å². The van der Waals surface area contributed by atoms with E-state index in [2.05, 4.69) is 23.8 Å². The van der Waals surface area contributed by atoms with E-state index >= 15 is 0 Å². The molecule has 0 N–H and O–H groups in total. The van der Waals surface area contributed by atoms with Crippen LogP contribution in [0.3, 0.4) is 0 Å². The fraction of sp³-hybridized carbons (Fsp3) is 0.593. The highest BCUT2D eigenvalue weighted by molar-refractivity contribution is 5.72. The maximum absolute atomic E-state index is 11.9. The molecule has 2 aromatic rings. The Morgan fingerprint density at radius 3 is 2.03 bits per heavy atom. The number of esters is 1. The highest BCUT2D eigenvalue weighted by Gasteiger charge is 2.10. The SMILES string of the molecule is CCCCCCCCCCCOc1cnc(-c2ccc(OC(=O)CC(C)CC)cc2)nc1. The minimum atomic E-state index is -0.197. The van der Waals surface area contributed by atoms with Crippen LogP contribution in [0.2, 0.25) is 0 Å². The smallest absolute Gasteiger partial charge is 0.311 e. The Bertz CT molecular complexity index is 759. The van der Waals surface area contributed by atoms with Crippen LogP contribution in [0.25, 0.3) is 11.4 Å². The molecular formula is C27H40N2O3. The van der Waals surface area contributed by atoms with Crippen LogP contribution in [0.4, 0.5) is 0 Å². The predicted molar refractivity (Wildman–Crippen MR) is 130 cm³/mol. The molecule has 0 aliphatic carbocycles.